The average molecular weight is 447 g/mol. The second-order valence-electron chi connectivity index (χ2n) is 7.66. The third kappa shape index (κ3) is 5.26. The molecule has 7 heteroatoms. The first-order chi connectivity index (χ1) is 16.0. The van der Waals surface area contributed by atoms with Crippen LogP contribution in [-0.4, -0.2) is 41.8 Å². The van der Waals surface area contributed by atoms with Crippen molar-refractivity contribution >= 4 is 11.9 Å². The van der Waals surface area contributed by atoms with Crippen LogP contribution in [0.1, 0.15) is 29.3 Å². The smallest absolute Gasteiger partial charge is 0.341 e. The van der Waals surface area contributed by atoms with Gasteiger partial charge in [0, 0.05) is 24.2 Å². The second-order valence-corrected chi connectivity index (χ2v) is 7.66. The largest absolute Gasteiger partial charge is 0.482 e. The van der Waals surface area contributed by atoms with Gasteiger partial charge in [0.05, 0.1) is 0 Å². The van der Waals surface area contributed by atoms with Crippen LogP contribution in [0.15, 0.2) is 66.7 Å². The normalized spacial score (nSPS) is 11.8. The predicted molar refractivity (Wildman–Crippen MR) is 123 cm³/mol. The van der Waals surface area contributed by atoms with Crippen molar-refractivity contribution in [3.8, 4) is 28.4 Å². The van der Waals surface area contributed by atoms with E-state index in [0.29, 0.717) is 30.2 Å². The number of nitrogens with zero attached hydrogens (tertiary/aromatic N) is 1. The Kier molecular flexibility index (Phi) is 6.78. The Morgan fingerprint density at radius 3 is 2.45 bits per heavy atom. The summed E-state index contributed by atoms with van der Waals surface area (Å²) >= 11 is 0. The molecule has 0 saturated carbocycles. The number of fused-ring (bicyclic) bond motifs is 1. The molecule has 0 fully saturated rings. The van der Waals surface area contributed by atoms with Gasteiger partial charge in [-0.25, -0.2) is 4.79 Å². The third-order valence-corrected chi connectivity index (χ3v) is 5.30. The average Bonchev–Trinajstić information content (AvgIpc) is 3.31. The first-order valence-electron chi connectivity index (χ1n) is 10.8. The lowest BCUT2D eigenvalue weighted by molar-refractivity contribution is -0.139. The molecule has 1 N–H and O–H groups in total. The summed E-state index contributed by atoms with van der Waals surface area (Å²) in [6.45, 7) is 2.70. The number of carboxylic acid groups (broad SMARTS) is 1. The van der Waals surface area contributed by atoms with Gasteiger partial charge < -0.3 is 24.2 Å². The number of hydrogen-bond donors (Lipinski definition) is 1. The summed E-state index contributed by atoms with van der Waals surface area (Å²) in [5.74, 6) is 0.766. The number of amides is 1. The van der Waals surface area contributed by atoms with E-state index in [2.05, 4.69) is 0 Å². The van der Waals surface area contributed by atoms with E-state index in [0.717, 1.165) is 28.9 Å². The molecule has 170 valence electrons. The van der Waals surface area contributed by atoms with Gasteiger partial charge in [-0.15, -0.1) is 0 Å². The van der Waals surface area contributed by atoms with Gasteiger partial charge in [0.2, 0.25) is 6.79 Å². The lowest BCUT2D eigenvalue weighted by Crippen LogP contribution is -2.31. The van der Waals surface area contributed by atoms with Crippen LogP contribution in [0.25, 0.3) is 11.1 Å². The molecular weight excluding hydrogens is 422 g/mol. The summed E-state index contributed by atoms with van der Waals surface area (Å²) < 4.78 is 16.2. The summed E-state index contributed by atoms with van der Waals surface area (Å²) in [7, 11) is 0. The molecule has 1 aliphatic rings. The highest BCUT2D eigenvalue weighted by molar-refractivity contribution is 5.94. The fourth-order valence-corrected chi connectivity index (χ4v) is 3.71. The maximum Gasteiger partial charge on any atom is 0.341 e. The Labute approximate surface area is 192 Å². The number of benzene rings is 3. The van der Waals surface area contributed by atoms with Crippen LogP contribution in [0.3, 0.4) is 0 Å². The minimum absolute atomic E-state index is 0.0953. The number of hydrogen-bond acceptors (Lipinski definition) is 5. The summed E-state index contributed by atoms with van der Waals surface area (Å²) in [5, 5.41) is 8.92. The topological polar surface area (TPSA) is 85.3 Å². The maximum atomic E-state index is 13.3. The van der Waals surface area contributed by atoms with Crippen LogP contribution in [0.5, 0.6) is 17.2 Å². The minimum atomic E-state index is -1.05. The Morgan fingerprint density at radius 2 is 1.70 bits per heavy atom. The van der Waals surface area contributed by atoms with Crippen LogP contribution in [0, 0.1) is 0 Å². The van der Waals surface area contributed by atoms with Crippen molar-refractivity contribution in [1.82, 2.24) is 4.90 Å². The van der Waals surface area contributed by atoms with Crippen molar-refractivity contribution in [2.75, 3.05) is 19.9 Å². The molecule has 0 aromatic heterocycles. The minimum Gasteiger partial charge on any atom is -0.482 e. The van der Waals surface area contributed by atoms with E-state index in [1.165, 1.54) is 0 Å². The van der Waals surface area contributed by atoms with E-state index in [9.17, 15) is 9.59 Å². The fourth-order valence-electron chi connectivity index (χ4n) is 3.71. The summed E-state index contributed by atoms with van der Waals surface area (Å²) in [6, 6.07) is 20.4. The van der Waals surface area contributed by atoms with Crippen molar-refractivity contribution in [2.24, 2.45) is 0 Å². The van der Waals surface area contributed by atoms with Crippen LogP contribution in [0.4, 0.5) is 0 Å². The van der Waals surface area contributed by atoms with E-state index in [4.69, 9.17) is 19.3 Å². The third-order valence-electron chi connectivity index (χ3n) is 5.30. The molecule has 0 aliphatic carbocycles. The van der Waals surface area contributed by atoms with Gasteiger partial charge in [-0.3, -0.25) is 4.79 Å². The van der Waals surface area contributed by atoms with Crippen molar-refractivity contribution in [3.05, 3.63) is 77.9 Å². The quantitative estimate of drug-likeness (QED) is 0.516. The first-order valence-corrected chi connectivity index (χ1v) is 10.8. The van der Waals surface area contributed by atoms with Gasteiger partial charge >= 0.3 is 5.97 Å². The molecule has 1 amide bonds. The highest BCUT2D eigenvalue weighted by Gasteiger charge is 2.18. The van der Waals surface area contributed by atoms with Crippen LogP contribution in [0.2, 0.25) is 0 Å². The molecular formula is C26H25NO6. The molecule has 0 spiro atoms. The van der Waals surface area contributed by atoms with E-state index in [-0.39, 0.29) is 12.7 Å². The number of ether oxygens (including phenoxy) is 3. The zero-order valence-electron chi connectivity index (χ0n) is 18.3. The molecule has 0 unspecified atom stereocenters. The van der Waals surface area contributed by atoms with Crippen LogP contribution in [-0.2, 0) is 11.3 Å². The number of carboxylic acids is 1. The predicted octanol–water partition coefficient (Wildman–Crippen LogP) is 4.60. The van der Waals surface area contributed by atoms with Gasteiger partial charge in [0.1, 0.15) is 5.75 Å². The molecule has 33 heavy (non-hydrogen) atoms. The zero-order chi connectivity index (χ0) is 23.2. The standard InChI is InChI=1S/C26H25NO6/c1-2-13-27(15-21-5-3-4-6-22(21)31-16-25(28)29)26(30)19-9-7-18(8-10-19)20-11-12-23-24(14-20)33-17-32-23/h3-12,14H,2,13,15-17H2,1H3,(H,28,29). The van der Waals surface area contributed by atoms with Crippen molar-refractivity contribution in [2.45, 2.75) is 19.9 Å². The van der Waals surface area contributed by atoms with Gasteiger partial charge in [0.15, 0.2) is 18.1 Å². The second kappa shape index (κ2) is 10.1. The molecule has 1 aliphatic heterocycles. The Bertz CT molecular complexity index is 1140. The van der Waals surface area contributed by atoms with Gasteiger partial charge in [-0.05, 0) is 47.9 Å². The van der Waals surface area contributed by atoms with Gasteiger partial charge in [-0.1, -0.05) is 43.3 Å². The first kappa shape index (κ1) is 22.2. The van der Waals surface area contributed by atoms with Crippen LogP contribution < -0.4 is 14.2 Å². The van der Waals surface area contributed by atoms with Crippen molar-refractivity contribution in [3.63, 3.8) is 0 Å². The Morgan fingerprint density at radius 1 is 0.970 bits per heavy atom. The summed E-state index contributed by atoms with van der Waals surface area (Å²) in [4.78, 5) is 25.9. The maximum absolute atomic E-state index is 13.3. The Hall–Kier alpha value is -4.00. The molecule has 3 aromatic carbocycles. The monoisotopic (exact) mass is 447 g/mol. The molecule has 0 saturated heterocycles. The highest BCUT2D eigenvalue weighted by Crippen LogP contribution is 2.36. The lowest BCUT2D eigenvalue weighted by Gasteiger charge is -2.23. The Balaban J connectivity index is 1.51. The van der Waals surface area contributed by atoms with E-state index >= 15 is 0 Å². The van der Waals surface area contributed by atoms with Crippen molar-refractivity contribution in [1.29, 1.82) is 0 Å². The molecule has 0 radical (unpaired) electrons. The van der Waals surface area contributed by atoms with E-state index in [1.807, 2.05) is 61.5 Å². The number of rotatable bonds is 9. The highest BCUT2D eigenvalue weighted by atomic mass is 16.7. The van der Waals surface area contributed by atoms with Crippen molar-refractivity contribution < 1.29 is 28.9 Å². The molecule has 1 heterocycles. The lowest BCUT2D eigenvalue weighted by atomic mass is 10.0. The zero-order valence-corrected chi connectivity index (χ0v) is 18.3. The van der Waals surface area contributed by atoms with Gasteiger partial charge in [0.25, 0.3) is 5.91 Å². The molecule has 0 atom stereocenters. The number of para-hydroxylation sites is 1. The number of carbonyl (C=O) groups is 2. The number of carbonyl (C=O) groups excluding carboxylic acids is 1. The van der Waals surface area contributed by atoms with Gasteiger partial charge in [-0.2, -0.15) is 0 Å². The molecule has 4 rings (SSSR count). The SMILES string of the molecule is CCCN(Cc1ccccc1OCC(=O)O)C(=O)c1ccc(-c2ccc3c(c2)OCO3)cc1. The number of aliphatic carboxylic acids is 1. The molecule has 0 bridgehead atoms. The molecule has 7 nitrogen and oxygen atoms in total. The van der Waals surface area contributed by atoms with Crippen LogP contribution >= 0.6 is 0 Å². The summed E-state index contributed by atoms with van der Waals surface area (Å²) in [6.07, 6.45) is 0.791. The van der Waals surface area contributed by atoms with E-state index < -0.39 is 12.6 Å². The summed E-state index contributed by atoms with van der Waals surface area (Å²) in [5.41, 5.74) is 3.29. The van der Waals surface area contributed by atoms with E-state index in [1.54, 1.807) is 17.0 Å². The molecule has 3 aromatic rings. The fraction of sp³-hybridized carbons (Fsp3) is 0.231.